The zero-order valence-corrected chi connectivity index (χ0v) is 52.4. The SMILES string of the molecule is CCCCCCc1ccc(-c2oc3c(cc(-c4ccc(-c5cccc6ccccc56)cc4)c4c5oc(-c6ccc(CCCCCC)cc6)c(-c6cccc7ccccc67)c5cc(-c5ccc(-c6ccc7ccccc7c6)cc5)c34)c2-c2cccc3ccccc23)cc1. The summed E-state index contributed by atoms with van der Waals surface area (Å²) in [7, 11) is 0. The molecule has 0 aliphatic carbocycles. The van der Waals surface area contributed by atoms with Gasteiger partial charge in [0.15, 0.2) is 0 Å². The van der Waals surface area contributed by atoms with Crippen molar-refractivity contribution in [2.75, 3.05) is 0 Å². The van der Waals surface area contributed by atoms with Gasteiger partial charge in [0.1, 0.15) is 22.7 Å². The molecule has 0 atom stereocenters. The van der Waals surface area contributed by atoms with E-state index in [1.165, 1.54) is 117 Å². The van der Waals surface area contributed by atoms with Crippen molar-refractivity contribution < 1.29 is 8.83 Å². The standard InChI is InChI=1S/C90H72O2/c1-3-5-7-9-22-59-38-42-69(43-39-59)87-83(77-36-20-30-64-26-14-17-33-75(64)77)81-57-79(67-49-46-62(47-50-67)72-55-48-61-24-11-12-28-71(61)56-72)85-86(90(81)92-87)80(68-53-51-66(52-54-68)74-35-19-29-63-25-13-16-32-73(63)74)58-82-84(78-37-21-31-65-27-15-18-34-76(65)78)88(91-89(82)85)70-44-40-60(41-45-70)23-10-8-6-4-2/h11-21,24-58H,3-10,22-23H2,1-2H3. The van der Waals surface area contributed by atoms with Crippen molar-refractivity contribution >= 4 is 75.8 Å². The molecule has 444 valence electrons. The van der Waals surface area contributed by atoms with Crippen molar-refractivity contribution in [1.29, 1.82) is 0 Å². The van der Waals surface area contributed by atoms with E-state index in [1.54, 1.807) is 0 Å². The third-order valence-corrected chi connectivity index (χ3v) is 19.5. The van der Waals surface area contributed by atoms with E-state index in [0.717, 1.165) is 124 Å². The van der Waals surface area contributed by atoms with Gasteiger partial charge in [-0.3, -0.25) is 0 Å². The highest BCUT2D eigenvalue weighted by molar-refractivity contribution is 6.30. The van der Waals surface area contributed by atoms with E-state index < -0.39 is 0 Å². The van der Waals surface area contributed by atoms with E-state index >= 15 is 0 Å². The summed E-state index contributed by atoms with van der Waals surface area (Å²) in [4.78, 5) is 0. The largest absolute Gasteiger partial charge is 0.455 e. The van der Waals surface area contributed by atoms with Gasteiger partial charge < -0.3 is 8.83 Å². The maximum Gasteiger partial charge on any atom is 0.144 e. The van der Waals surface area contributed by atoms with Gasteiger partial charge >= 0.3 is 0 Å². The molecule has 0 saturated heterocycles. The van der Waals surface area contributed by atoms with Crippen LogP contribution in [0.15, 0.2) is 288 Å². The highest BCUT2D eigenvalue weighted by Crippen LogP contribution is 2.55. The van der Waals surface area contributed by atoms with Crippen LogP contribution in [0, 0.1) is 0 Å². The van der Waals surface area contributed by atoms with Gasteiger partial charge in [0, 0.05) is 43.8 Å². The molecule has 92 heavy (non-hydrogen) atoms. The van der Waals surface area contributed by atoms with Crippen LogP contribution in [-0.4, -0.2) is 0 Å². The maximum absolute atomic E-state index is 7.89. The van der Waals surface area contributed by atoms with Crippen molar-refractivity contribution in [1.82, 2.24) is 0 Å². The third kappa shape index (κ3) is 10.4. The fourth-order valence-electron chi connectivity index (χ4n) is 14.7. The number of hydrogen-bond acceptors (Lipinski definition) is 2. The molecule has 16 aromatic rings. The van der Waals surface area contributed by atoms with Gasteiger partial charge in [-0.2, -0.15) is 0 Å². The summed E-state index contributed by atoms with van der Waals surface area (Å²) in [5, 5.41) is 13.7. The van der Waals surface area contributed by atoms with Gasteiger partial charge in [-0.1, -0.05) is 313 Å². The van der Waals surface area contributed by atoms with Crippen molar-refractivity contribution in [3.05, 3.63) is 290 Å². The molecule has 14 aromatic carbocycles. The Bertz CT molecular complexity index is 5320. The van der Waals surface area contributed by atoms with Crippen LogP contribution in [0.3, 0.4) is 0 Å². The van der Waals surface area contributed by atoms with Crippen molar-refractivity contribution in [2.45, 2.75) is 78.1 Å². The van der Waals surface area contributed by atoms with E-state index in [9.17, 15) is 0 Å². The fraction of sp³-hybridized carbons (Fsp3) is 0.133. The molecule has 0 saturated carbocycles. The minimum absolute atomic E-state index is 0.824. The number of hydrogen-bond donors (Lipinski definition) is 0. The Morgan fingerprint density at radius 1 is 0.239 bits per heavy atom. The summed E-state index contributed by atoms with van der Waals surface area (Å²) in [5.74, 6) is 1.70. The molecule has 2 heterocycles. The van der Waals surface area contributed by atoms with Crippen molar-refractivity contribution in [3.63, 3.8) is 0 Å². The first-order chi connectivity index (χ1) is 45.5. The third-order valence-electron chi connectivity index (χ3n) is 19.5. The molecule has 0 N–H and O–H groups in total. The first-order valence-corrected chi connectivity index (χ1v) is 33.4. The fourth-order valence-corrected chi connectivity index (χ4v) is 14.7. The Morgan fingerprint density at radius 2 is 0.598 bits per heavy atom. The number of fused-ring (bicyclic) bond motifs is 9. The molecule has 0 aliphatic rings. The first-order valence-electron chi connectivity index (χ1n) is 33.4. The molecule has 0 unspecified atom stereocenters. The molecular weight excluding hydrogens is 1110 g/mol. The van der Waals surface area contributed by atoms with Gasteiger partial charge in [-0.25, -0.2) is 0 Å². The van der Waals surface area contributed by atoms with Crippen LogP contribution in [0.25, 0.3) is 165 Å². The summed E-state index contributed by atoms with van der Waals surface area (Å²) >= 11 is 0. The average molecular weight is 1190 g/mol. The minimum atomic E-state index is 0.824. The van der Waals surface area contributed by atoms with E-state index in [2.05, 4.69) is 293 Å². The maximum atomic E-state index is 7.89. The van der Waals surface area contributed by atoms with Gasteiger partial charge in [-0.15, -0.1) is 0 Å². The summed E-state index contributed by atoms with van der Waals surface area (Å²) in [6.45, 7) is 4.56. The zero-order chi connectivity index (χ0) is 61.5. The molecule has 16 rings (SSSR count). The summed E-state index contributed by atoms with van der Waals surface area (Å²) in [6.07, 6.45) is 11.9. The molecule has 0 aliphatic heterocycles. The van der Waals surface area contributed by atoms with E-state index in [0.29, 0.717) is 0 Å². The van der Waals surface area contributed by atoms with E-state index in [1.807, 2.05) is 0 Å². The normalized spacial score (nSPS) is 11.8. The first kappa shape index (κ1) is 56.7. The number of rotatable bonds is 18. The predicted octanol–water partition coefficient (Wildman–Crippen LogP) is 26.5. The number of aryl methyl sites for hydroxylation is 2. The predicted molar refractivity (Wildman–Crippen MR) is 393 cm³/mol. The van der Waals surface area contributed by atoms with Crippen molar-refractivity contribution in [2.24, 2.45) is 0 Å². The lowest BCUT2D eigenvalue weighted by Gasteiger charge is -2.16. The Hall–Kier alpha value is -10.5. The summed E-state index contributed by atoms with van der Waals surface area (Å²) in [5.41, 5.74) is 19.9. The molecular formula is C90H72O2. The quantitative estimate of drug-likeness (QED) is 0.0801. The second-order valence-corrected chi connectivity index (χ2v) is 25.3. The van der Waals surface area contributed by atoms with Gasteiger partial charge in [0.25, 0.3) is 0 Å². The van der Waals surface area contributed by atoms with E-state index in [4.69, 9.17) is 8.83 Å². The average Bonchev–Trinajstić information content (AvgIpc) is 1.49. The highest BCUT2D eigenvalue weighted by Gasteiger charge is 2.30. The number of unbranched alkanes of at least 4 members (excludes halogenated alkanes) is 6. The second kappa shape index (κ2) is 24.7. The zero-order valence-electron chi connectivity index (χ0n) is 52.4. The molecule has 2 nitrogen and oxygen atoms in total. The van der Waals surface area contributed by atoms with Crippen LogP contribution in [0.1, 0.15) is 76.3 Å². The highest BCUT2D eigenvalue weighted by atomic mass is 16.3. The smallest absolute Gasteiger partial charge is 0.144 e. The van der Waals surface area contributed by atoms with Gasteiger partial charge in [-0.05, 0) is 154 Å². The minimum Gasteiger partial charge on any atom is -0.455 e. The lowest BCUT2D eigenvalue weighted by molar-refractivity contribution is 0.633. The summed E-state index contributed by atoms with van der Waals surface area (Å²) < 4.78 is 15.8. The molecule has 2 heteroatoms. The van der Waals surface area contributed by atoms with Gasteiger partial charge in [0.05, 0.1) is 0 Å². The van der Waals surface area contributed by atoms with E-state index in [-0.39, 0.29) is 0 Å². The lowest BCUT2D eigenvalue weighted by Crippen LogP contribution is -1.91. The van der Waals surface area contributed by atoms with Crippen molar-refractivity contribution in [3.8, 4) is 89.4 Å². The van der Waals surface area contributed by atoms with Crippen LogP contribution < -0.4 is 0 Å². The second-order valence-electron chi connectivity index (χ2n) is 25.3. The Morgan fingerprint density at radius 3 is 1.05 bits per heavy atom. The van der Waals surface area contributed by atoms with Crippen LogP contribution >= 0.6 is 0 Å². The molecule has 0 spiro atoms. The molecule has 0 amide bonds. The monoisotopic (exact) mass is 1180 g/mol. The Labute approximate surface area is 539 Å². The number of benzene rings is 14. The topological polar surface area (TPSA) is 26.3 Å². The molecule has 2 aromatic heterocycles. The van der Waals surface area contributed by atoms with Crippen LogP contribution in [0.2, 0.25) is 0 Å². The number of furan rings is 2. The lowest BCUT2D eigenvalue weighted by atomic mass is 9.85. The van der Waals surface area contributed by atoms with Crippen LogP contribution in [0.5, 0.6) is 0 Å². The molecule has 0 radical (unpaired) electrons. The molecule has 0 bridgehead atoms. The Balaban J connectivity index is 1.03. The summed E-state index contributed by atoms with van der Waals surface area (Å²) in [6, 6.07) is 104. The van der Waals surface area contributed by atoms with Gasteiger partial charge in [0.2, 0.25) is 0 Å². The molecule has 0 fully saturated rings. The Kier molecular flexibility index (Phi) is 15.2. The van der Waals surface area contributed by atoms with Crippen LogP contribution in [0.4, 0.5) is 0 Å². The van der Waals surface area contributed by atoms with Crippen LogP contribution in [-0.2, 0) is 12.8 Å².